The molecule has 0 fully saturated rings. The molecule has 4 N–H and O–H groups in total. The van der Waals surface area contributed by atoms with Gasteiger partial charge in [0.2, 0.25) is 0 Å². The summed E-state index contributed by atoms with van der Waals surface area (Å²) in [5, 5.41) is 24.0. The molecule has 0 unspecified atom stereocenters. The predicted octanol–water partition coefficient (Wildman–Crippen LogP) is -0.508. The second-order valence-corrected chi connectivity index (χ2v) is 3.78. The molecule has 0 radical (unpaired) electrons. The minimum Gasteiger partial charge on any atom is -0.394 e. The van der Waals surface area contributed by atoms with E-state index in [1.54, 1.807) is 13.8 Å². The van der Waals surface area contributed by atoms with Crippen molar-refractivity contribution in [3.05, 3.63) is 0 Å². The molecule has 0 aliphatic heterocycles. The SMILES string of the molecule is CCOP(=O)(O)OCC.OCC(O)CO. The third-order valence-electron chi connectivity index (χ3n) is 1.01. The first kappa shape index (κ1) is 17.4. The lowest BCUT2D eigenvalue weighted by Gasteiger charge is -2.07. The minimum absolute atomic E-state index is 0.188. The lowest BCUT2D eigenvalue weighted by atomic mass is 10.4. The van der Waals surface area contributed by atoms with Crippen LogP contribution in [0, 0.1) is 0 Å². The summed E-state index contributed by atoms with van der Waals surface area (Å²) in [5.41, 5.74) is 0. The average Bonchev–Trinajstić information content (AvgIpc) is 2.17. The highest BCUT2D eigenvalue weighted by Crippen LogP contribution is 2.42. The zero-order chi connectivity index (χ0) is 12.3. The highest BCUT2D eigenvalue weighted by molar-refractivity contribution is 7.47. The monoisotopic (exact) mass is 246 g/mol. The summed E-state index contributed by atoms with van der Waals surface area (Å²) in [5.74, 6) is 0. The summed E-state index contributed by atoms with van der Waals surface area (Å²) in [4.78, 5) is 8.63. The highest BCUT2D eigenvalue weighted by Gasteiger charge is 2.17. The van der Waals surface area contributed by atoms with Crippen LogP contribution in [0.15, 0.2) is 0 Å². The smallest absolute Gasteiger partial charge is 0.394 e. The molecule has 0 aromatic carbocycles. The summed E-state index contributed by atoms with van der Waals surface area (Å²) >= 11 is 0. The number of hydrogen-bond acceptors (Lipinski definition) is 6. The van der Waals surface area contributed by atoms with E-state index < -0.39 is 13.9 Å². The van der Waals surface area contributed by atoms with Crippen molar-refractivity contribution in [1.29, 1.82) is 0 Å². The normalized spacial score (nSPS) is 11.1. The summed E-state index contributed by atoms with van der Waals surface area (Å²) in [6.07, 6.45) is -0.954. The quantitative estimate of drug-likeness (QED) is 0.466. The zero-order valence-electron chi connectivity index (χ0n) is 8.87. The molecule has 0 atom stereocenters. The first-order valence-corrected chi connectivity index (χ1v) is 5.94. The standard InChI is InChI=1S/C4H11O4P.C3H8O3/c1-3-7-9(5,6)8-4-2;4-1-3(6)2-5/h3-4H2,1-2H3,(H,5,6);3-6H,1-2H2. The Morgan fingerprint density at radius 3 is 1.60 bits per heavy atom. The van der Waals surface area contributed by atoms with Crippen LogP contribution in [0.1, 0.15) is 13.8 Å². The van der Waals surface area contributed by atoms with E-state index in [-0.39, 0.29) is 26.4 Å². The van der Waals surface area contributed by atoms with Gasteiger partial charge in [-0.05, 0) is 13.8 Å². The summed E-state index contributed by atoms with van der Waals surface area (Å²) in [6, 6.07) is 0. The molecular weight excluding hydrogens is 227 g/mol. The molecule has 15 heavy (non-hydrogen) atoms. The second kappa shape index (κ2) is 10.5. The number of aliphatic hydroxyl groups excluding tert-OH is 3. The van der Waals surface area contributed by atoms with E-state index in [4.69, 9.17) is 20.2 Å². The molecule has 0 saturated carbocycles. The first-order chi connectivity index (χ1) is 6.93. The molecule has 0 heterocycles. The topological polar surface area (TPSA) is 116 Å². The minimum atomic E-state index is -3.69. The van der Waals surface area contributed by atoms with Gasteiger partial charge < -0.3 is 20.2 Å². The van der Waals surface area contributed by atoms with Crippen LogP contribution in [0.5, 0.6) is 0 Å². The largest absolute Gasteiger partial charge is 0.472 e. The van der Waals surface area contributed by atoms with Gasteiger partial charge in [-0.1, -0.05) is 0 Å². The molecule has 0 aliphatic carbocycles. The fraction of sp³-hybridized carbons (Fsp3) is 1.00. The van der Waals surface area contributed by atoms with Crippen LogP contribution >= 0.6 is 7.82 Å². The number of phosphoric ester groups is 1. The highest BCUT2D eigenvalue weighted by atomic mass is 31.2. The van der Waals surface area contributed by atoms with E-state index in [2.05, 4.69) is 9.05 Å². The van der Waals surface area contributed by atoms with Gasteiger partial charge >= 0.3 is 7.82 Å². The lowest BCUT2D eigenvalue weighted by molar-refractivity contribution is 0.0450. The summed E-state index contributed by atoms with van der Waals surface area (Å²) in [7, 11) is -3.69. The van der Waals surface area contributed by atoms with Crippen LogP contribution in [-0.4, -0.2) is 52.7 Å². The first-order valence-electron chi connectivity index (χ1n) is 4.45. The van der Waals surface area contributed by atoms with Crippen LogP contribution < -0.4 is 0 Å². The van der Waals surface area contributed by atoms with Crippen molar-refractivity contribution in [2.24, 2.45) is 0 Å². The Morgan fingerprint density at radius 1 is 1.13 bits per heavy atom. The van der Waals surface area contributed by atoms with Gasteiger partial charge in [0, 0.05) is 0 Å². The Hall–Kier alpha value is -0.0100. The van der Waals surface area contributed by atoms with Gasteiger partial charge in [0.25, 0.3) is 0 Å². The number of aliphatic hydroxyl groups is 3. The number of rotatable bonds is 6. The molecule has 7 nitrogen and oxygen atoms in total. The molecule has 0 aromatic heterocycles. The Labute approximate surface area is 88.9 Å². The second-order valence-electron chi connectivity index (χ2n) is 2.32. The van der Waals surface area contributed by atoms with E-state index in [1.807, 2.05) is 0 Å². The molecule has 94 valence electrons. The molecule has 0 bridgehead atoms. The van der Waals surface area contributed by atoms with Crippen molar-refractivity contribution >= 4 is 7.82 Å². The van der Waals surface area contributed by atoms with Gasteiger partial charge in [-0.25, -0.2) is 4.57 Å². The fourth-order valence-electron chi connectivity index (χ4n) is 0.421. The third-order valence-corrected chi connectivity index (χ3v) is 2.17. The van der Waals surface area contributed by atoms with Crippen LogP contribution in [0.2, 0.25) is 0 Å². The van der Waals surface area contributed by atoms with E-state index in [1.165, 1.54) is 0 Å². The van der Waals surface area contributed by atoms with Gasteiger partial charge in [0.05, 0.1) is 26.4 Å². The average molecular weight is 246 g/mol. The predicted molar refractivity (Wildman–Crippen MR) is 53.3 cm³/mol. The van der Waals surface area contributed by atoms with Gasteiger partial charge in [-0.3, -0.25) is 9.05 Å². The Morgan fingerprint density at radius 2 is 1.47 bits per heavy atom. The van der Waals surface area contributed by atoms with Crippen LogP contribution in [-0.2, 0) is 13.6 Å². The van der Waals surface area contributed by atoms with Gasteiger partial charge in [0.1, 0.15) is 6.10 Å². The van der Waals surface area contributed by atoms with Crippen molar-refractivity contribution in [3.63, 3.8) is 0 Å². The maximum absolute atomic E-state index is 10.5. The maximum Gasteiger partial charge on any atom is 0.472 e. The Bertz CT molecular complexity index is 161. The third kappa shape index (κ3) is 14.0. The van der Waals surface area contributed by atoms with Crippen LogP contribution in [0.4, 0.5) is 0 Å². The van der Waals surface area contributed by atoms with E-state index in [0.717, 1.165) is 0 Å². The maximum atomic E-state index is 10.5. The van der Waals surface area contributed by atoms with E-state index in [0.29, 0.717) is 0 Å². The molecule has 0 saturated heterocycles. The molecule has 0 aliphatic rings. The molecule has 0 aromatic rings. The van der Waals surface area contributed by atoms with Crippen molar-refractivity contribution in [2.45, 2.75) is 20.0 Å². The van der Waals surface area contributed by atoms with Crippen molar-refractivity contribution in [2.75, 3.05) is 26.4 Å². The van der Waals surface area contributed by atoms with Crippen molar-refractivity contribution < 1.29 is 33.8 Å². The Balaban J connectivity index is 0. The summed E-state index contributed by atoms with van der Waals surface area (Å²) in [6.45, 7) is 2.90. The van der Waals surface area contributed by atoms with Gasteiger partial charge in [-0.15, -0.1) is 0 Å². The van der Waals surface area contributed by atoms with Crippen molar-refractivity contribution in [3.8, 4) is 0 Å². The zero-order valence-corrected chi connectivity index (χ0v) is 9.76. The Kier molecular flexibility index (Phi) is 12.2. The van der Waals surface area contributed by atoms with Crippen LogP contribution in [0.25, 0.3) is 0 Å². The fourth-order valence-corrected chi connectivity index (χ4v) is 1.15. The summed E-state index contributed by atoms with van der Waals surface area (Å²) < 4.78 is 19.2. The molecular formula is C7H19O7P. The van der Waals surface area contributed by atoms with Crippen LogP contribution in [0.3, 0.4) is 0 Å². The van der Waals surface area contributed by atoms with E-state index >= 15 is 0 Å². The molecule has 0 spiro atoms. The number of phosphoric acid groups is 1. The van der Waals surface area contributed by atoms with Gasteiger partial charge in [0.15, 0.2) is 0 Å². The number of hydrogen-bond donors (Lipinski definition) is 4. The lowest BCUT2D eigenvalue weighted by Crippen LogP contribution is -2.15. The van der Waals surface area contributed by atoms with E-state index in [9.17, 15) is 4.57 Å². The molecule has 0 amide bonds. The molecule has 0 rings (SSSR count). The van der Waals surface area contributed by atoms with Crippen molar-refractivity contribution in [1.82, 2.24) is 0 Å². The molecule has 8 heteroatoms. The van der Waals surface area contributed by atoms with Gasteiger partial charge in [-0.2, -0.15) is 0 Å².